The summed E-state index contributed by atoms with van der Waals surface area (Å²) in [6.07, 6.45) is 5.61. The number of aromatic carboxylic acids is 1. The molecule has 0 bridgehead atoms. The van der Waals surface area contributed by atoms with Crippen LogP contribution in [-0.4, -0.2) is 29.0 Å². The number of benzene rings is 1. The van der Waals surface area contributed by atoms with Gasteiger partial charge in [0, 0.05) is 23.1 Å². The van der Waals surface area contributed by atoms with Crippen LogP contribution in [0.4, 0.5) is 0 Å². The van der Waals surface area contributed by atoms with E-state index in [1.165, 1.54) is 17.5 Å². The number of rotatable bonds is 4. The molecule has 29 heavy (non-hydrogen) atoms. The summed E-state index contributed by atoms with van der Waals surface area (Å²) in [5.41, 5.74) is 2.67. The van der Waals surface area contributed by atoms with E-state index in [9.17, 15) is 19.5 Å². The number of methoxy groups -OCH3 is 1. The van der Waals surface area contributed by atoms with E-state index in [4.69, 9.17) is 4.74 Å². The molecule has 0 atom stereocenters. The molecule has 0 aliphatic heterocycles. The predicted molar refractivity (Wildman–Crippen MR) is 111 cm³/mol. The van der Waals surface area contributed by atoms with Crippen LogP contribution in [0, 0.1) is 0 Å². The molecular formula is C22H19NO5S. The number of aromatic nitrogens is 1. The van der Waals surface area contributed by atoms with Gasteiger partial charge in [-0.15, -0.1) is 11.3 Å². The molecule has 0 amide bonds. The van der Waals surface area contributed by atoms with Gasteiger partial charge in [0.15, 0.2) is 11.5 Å². The highest BCUT2D eigenvalue weighted by Crippen LogP contribution is 2.51. The molecule has 1 fully saturated rings. The molecule has 2 aliphatic rings. The largest absolute Gasteiger partial charge is 0.494 e. The van der Waals surface area contributed by atoms with E-state index in [0.717, 1.165) is 52.1 Å². The van der Waals surface area contributed by atoms with Crippen LogP contribution in [0.1, 0.15) is 62.8 Å². The molecule has 0 spiro atoms. The number of carbonyl (C=O) groups is 2. The molecule has 7 heteroatoms. The van der Waals surface area contributed by atoms with Crippen molar-refractivity contribution in [3.63, 3.8) is 0 Å². The first kappa shape index (κ1) is 18.1. The Balaban J connectivity index is 1.82. The van der Waals surface area contributed by atoms with Gasteiger partial charge in [0.2, 0.25) is 5.43 Å². The number of pyridine rings is 1. The molecule has 2 aliphatic carbocycles. The fraction of sp³-hybridized carbons (Fsp3) is 0.318. The Morgan fingerprint density at radius 1 is 1.24 bits per heavy atom. The van der Waals surface area contributed by atoms with E-state index in [-0.39, 0.29) is 11.3 Å². The second-order valence-corrected chi connectivity index (χ2v) is 8.70. The molecule has 2 heterocycles. The highest BCUT2D eigenvalue weighted by molar-refractivity contribution is 7.17. The molecule has 2 N–H and O–H groups in total. The number of thiophene rings is 1. The lowest BCUT2D eigenvalue weighted by Gasteiger charge is -2.16. The maximum absolute atomic E-state index is 12.8. The summed E-state index contributed by atoms with van der Waals surface area (Å²) < 4.78 is 5.75. The van der Waals surface area contributed by atoms with Crippen molar-refractivity contribution in [1.29, 1.82) is 0 Å². The summed E-state index contributed by atoms with van der Waals surface area (Å²) in [4.78, 5) is 41.3. The van der Waals surface area contributed by atoms with Crippen LogP contribution in [0.5, 0.6) is 5.75 Å². The average Bonchev–Trinajstić information content (AvgIpc) is 3.45. The number of hydrogen-bond acceptors (Lipinski definition) is 5. The number of carboxylic acids is 1. The Morgan fingerprint density at radius 2 is 2.03 bits per heavy atom. The average molecular weight is 409 g/mol. The molecule has 0 saturated heterocycles. The van der Waals surface area contributed by atoms with Gasteiger partial charge in [-0.2, -0.15) is 0 Å². The highest BCUT2D eigenvalue weighted by atomic mass is 32.1. The summed E-state index contributed by atoms with van der Waals surface area (Å²) in [6, 6.07) is 3.90. The van der Waals surface area contributed by atoms with Gasteiger partial charge in [0.25, 0.3) is 0 Å². The standard InChI is InChI=1S/C22H19NO5S/c1-28-20-17(16-7-11-3-2-4-15(24)21(11)29-16)12(10-5-6-10)8-13-18(20)23-9-14(19(13)25)22(26)27/h7-10H,2-6H2,1H3,(H,23,25)(H,26,27). The molecular weight excluding hydrogens is 390 g/mol. The molecule has 1 aromatic carbocycles. The second kappa shape index (κ2) is 6.56. The lowest BCUT2D eigenvalue weighted by atomic mass is 9.94. The van der Waals surface area contributed by atoms with Crippen LogP contribution in [-0.2, 0) is 6.42 Å². The van der Waals surface area contributed by atoms with Gasteiger partial charge in [0.1, 0.15) is 5.56 Å². The van der Waals surface area contributed by atoms with Crippen molar-refractivity contribution in [2.75, 3.05) is 7.11 Å². The Bertz CT molecular complexity index is 1250. The third-order valence-corrected chi connectivity index (χ3v) is 7.01. The lowest BCUT2D eigenvalue weighted by Crippen LogP contribution is -2.16. The van der Waals surface area contributed by atoms with Gasteiger partial charge in [-0.3, -0.25) is 9.59 Å². The Morgan fingerprint density at radius 3 is 2.69 bits per heavy atom. The smallest absolute Gasteiger partial charge is 0.341 e. The topological polar surface area (TPSA) is 96.5 Å². The molecule has 3 aromatic rings. The van der Waals surface area contributed by atoms with E-state index < -0.39 is 11.4 Å². The number of fused-ring (bicyclic) bond motifs is 2. The van der Waals surface area contributed by atoms with Gasteiger partial charge in [0.05, 0.1) is 22.9 Å². The Hall–Kier alpha value is -2.93. The van der Waals surface area contributed by atoms with E-state index >= 15 is 0 Å². The number of hydrogen-bond donors (Lipinski definition) is 2. The van der Waals surface area contributed by atoms with Crippen LogP contribution in [0.25, 0.3) is 21.3 Å². The number of H-pyrrole nitrogens is 1. The fourth-order valence-corrected chi connectivity index (χ4v) is 5.46. The minimum Gasteiger partial charge on any atom is -0.494 e. The lowest BCUT2D eigenvalue weighted by molar-refractivity contribution is 0.0695. The van der Waals surface area contributed by atoms with Gasteiger partial charge in [-0.25, -0.2) is 4.79 Å². The van der Waals surface area contributed by atoms with Crippen molar-refractivity contribution in [1.82, 2.24) is 4.98 Å². The quantitative estimate of drug-likeness (QED) is 0.667. The predicted octanol–water partition coefficient (Wildman–Crippen LogP) is 4.36. The minimum atomic E-state index is -1.26. The van der Waals surface area contributed by atoms with Crippen LogP contribution in [0.3, 0.4) is 0 Å². The van der Waals surface area contributed by atoms with E-state index in [1.807, 2.05) is 6.07 Å². The molecule has 0 unspecified atom stereocenters. The minimum absolute atomic E-state index is 0.190. The highest BCUT2D eigenvalue weighted by Gasteiger charge is 2.32. The zero-order valence-corrected chi connectivity index (χ0v) is 16.6. The Labute approximate surface area is 170 Å². The first-order valence-electron chi connectivity index (χ1n) is 9.65. The number of nitrogens with one attached hydrogen (secondary N) is 1. The number of aromatic amines is 1. The van der Waals surface area contributed by atoms with Crippen LogP contribution in [0.2, 0.25) is 0 Å². The van der Waals surface area contributed by atoms with E-state index in [2.05, 4.69) is 11.1 Å². The fourth-order valence-electron chi connectivity index (χ4n) is 4.22. The summed E-state index contributed by atoms with van der Waals surface area (Å²) in [5.74, 6) is -0.223. The number of Topliss-reactive ketones (excluding diaryl/α,β-unsaturated/α-hetero) is 1. The maximum Gasteiger partial charge on any atom is 0.341 e. The van der Waals surface area contributed by atoms with Crippen molar-refractivity contribution in [2.24, 2.45) is 0 Å². The number of carbonyl (C=O) groups excluding carboxylic acids is 1. The molecule has 0 radical (unpaired) electrons. The first-order chi connectivity index (χ1) is 14.0. The SMILES string of the molecule is COc1c(-c2cc3c(s2)C(=O)CCC3)c(C2CC2)cc2c(=O)c(C(=O)O)c[nH]c12. The molecule has 1 saturated carbocycles. The number of carboxylic acid groups (broad SMARTS) is 1. The Kier molecular flexibility index (Phi) is 4.10. The third kappa shape index (κ3) is 2.80. The zero-order chi connectivity index (χ0) is 20.3. The molecule has 5 rings (SSSR count). The second-order valence-electron chi connectivity index (χ2n) is 7.65. The number of ether oxygens (including phenoxy) is 1. The van der Waals surface area contributed by atoms with Crippen molar-refractivity contribution in [3.8, 4) is 16.2 Å². The van der Waals surface area contributed by atoms with Crippen LogP contribution >= 0.6 is 11.3 Å². The van der Waals surface area contributed by atoms with E-state index in [0.29, 0.717) is 29.0 Å². The third-order valence-electron chi connectivity index (χ3n) is 5.77. The zero-order valence-electron chi connectivity index (χ0n) is 15.8. The monoisotopic (exact) mass is 409 g/mol. The van der Waals surface area contributed by atoms with Gasteiger partial charge in [-0.1, -0.05) is 0 Å². The van der Waals surface area contributed by atoms with E-state index in [1.54, 1.807) is 7.11 Å². The normalized spacial score (nSPS) is 16.1. The number of aryl methyl sites for hydroxylation is 1. The first-order valence-corrected chi connectivity index (χ1v) is 10.5. The van der Waals surface area contributed by atoms with Gasteiger partial charge >= 0.3 is 5.97 Å². The number of ketones is 1. The van der Waals surface area contributed by atoms with Crippen molar-refractivity contribution < 1.29 is 19.4 Å². The molecule has 6 nitrogen and oxygen atoms in total. The summed E-state index contributed by atoms with van der Waals surface area (Å²) >= 11 is 1.49. The maximum atomic E-state index is 12.8. The van der Waals surface area contributed by atoms with Crippen LogP contribution in [0.15, 0.2) is 23.1 Å². The van der Waals surface area contributed by atoms with Gasteiger partial charge < -0.3 is 14.8 Å². The van der Waals surface area contributed by atoms with Crippen molar-refractivity contribution in [3.05, 3.63) is 50.1 Å². The molecule has 2 aromatic heterocycles. The van der Waals surface area contributed by atoms with Crippen LogP contribution < -0.4 is 10.2 Å². The summed E-state index contributed by atoms with van der Waals surface area (Å²) in [7, 11) is 1.55. The van der Waals surface area contributed by atoms with Crippen molar-refractivity contribution >= 4 is 34.0 Å². The summed E-state index contributed by atoms with van der Waals surface area (Å²) in [5, 5.41) is 9.64. The van der Waals surface area contributed by atoms with Gasteiger partial charge in [-0.05, 0) is 54.9 Å². The molecule has 148 valence electrons. The summed E-state index contributed by atoms with van der Waals surface area (Å²) in [6.45, 7) is 0. The van der Waals surface area contributed by atoms with Crippen molar-refractivity contribution in [2.45, 2.75) is 38.0 Å².